The zero-order valence-corrected chi connectivity index (χ0v) is 11.1. The van der Waals surface area contributed by atoms with Crippen LogP contribution in [0.4, 0.5) is 5.69 Å². The second-order valence-corrected chi connectivity index (χ2v) is 4.27. The summed E-state index contributed by atoms with van der Waals surface area (Å²) in [4.78, 5) is 13.3. The fourth-order valence-corrected chi connectivity index (χ4v) is 1.65. The average Bonchev–Trinajstić information content (AvgIpc) is 2.87. The first kappa shape index (κ1) is 12.9. The van der Waals surface area contributed by atoms with Gasteiger partial charge < -0.3 is 15.4 Å². The van der Waals surface area contributed by atoms with Gasteiger partial charge in [0.2, 0.25) is 0 Å². The number of ether oxygens (including phenoxy) is 1. The fourth-order valence-electron chi connectivity index (χ4n) is 1.65. The minimum absolute atomic E-state index is 0.138. The van der Waals surface area contributed by atoms with Crippen molar-refractivity contribution in [3.8, 4) is 11.4 Å². The highest BCUT2D eigenvalue weighted by Gasteiger charge is 2.12. The summed E-state index contributed by atoms with van der Waals surface area (Å²) in [6.07, 6.45) is 1.72. The molecule has 0 saturated heterocycles. The Kier molecular flexibility index (Phi) is 3.41. The Morgan fingerprint density at radius 3 is 2.74 bits per heavy atom. The number of hydrogen-bond acceptors (Lipinski definition) is 4. The largest absolute Gasteiger partial charge is 0.495 e. The van der Waals surface area contributed by atoms with Crippen molar-refractivity contribution in [1.29, 1.82) is 0 Å². The number of rotatable bonds is 3. The fraction of sp³-hybridized carbons (Fsp3) is 0.231. The number of nitrogens with zero attached hydrogens (tertiary/aromatic N) is 3. The number of nitrogens with two attached hydrogens (primary N) is 1. The highest BCUT2D eigenvalue weighted by atomic mass is 16.5. The van der Waals surface area contributed by atoms with Crippen molar-refractivity contribution in [2.75, 3.05) is 26.9 Å². The summed E-state index contributed by atoms with van der Waals surface area (Å²) in [6.45, 7) is 0. The Balaban J connectivity index is 2.35. The third-order valence-electron chi connectivity index (χ3n) is 2.70. The number of carbonyl (C=O) groups is 1. The Hall–Kier alpha value is -2.50. The molecule has 2 N–H and O–H groups in total. The molecule has 6 heteroatoms. The lowest BCUT2D eigenvalue weighted by Gasteiger charge is -2.08. The van der Waals surface area contributed by atoms with Gasteiger partial charge in [0.25, 0.3) is 5.91 Å². The molecule has 1 aromatic carbocycles. The van der Waals surface area contributed by atoms with Crippen LogP contribution in [0.25, 0.3) is 5.69 Å². The number of aromatic nitrogens is 2. The van der Waals surface area contributed by atoms with Gasteiger partial charge in [-0.25, -0.2) is 4.68 Å². The standard InChI is InChI=1S/C13H16N4O2/c1-16(2)13(18)11-6-7-17(15-11)9-4-5-10(14)12(8-9)19-3/h4-8H,14H2,1-3H3. The van der Waals surface area contributed by atoms with E-state index in [4.69, 9.17) is 10.5 Å². The summed E-state index contributed by atoms with van der Waals surface area (Å²) >= 11 is 0. The van der Waals surface area contributed by atoms with Crippen molar-refractivity contribution in [2.24, 2.45) is 0 Å². The van der Waals surface area contributed by atoms with Crippen molar-refractivity contribution in [3.05, 3.63) is 36.2 Å². The van der Waals surface area contributed by atoms with Crippen molar-refractivity contribution < 1.29 is 9.53 Å². The number of hydrogen-bond donors (Lipinski definition) is 1. The van der Waals surface area contributed by atoms with E-state index in [-0.39, 0.29) is 5.91 Å². The van der Waals surface area contributed by atoms with Crippen molar-refractivity contribution in [1.82, 2.24) is 14.7 Å². The van der Waals surface area contributed by atoms with Gasteiger partial charge in [-0.15, -0.1) is 0 Å². The molecule has 0 radical (unpaired) electrons. The molecule has 0 saturated carbocycles. The van der Waals surface area contributed by atoms with Gasteiger partial charge in [-0.3, -0.25) is 4.79 Å². The molecule has 0 bridgehead atoms. The molecule has 19 heavy (non-hydrogen) atoms. The summed E-state index contributed by atoms with van der Waals surface area (Å²) < 4.78 is 6.77. The van der Waals surface area contributed by atoms with Gasteiger partial charge in [0.05, 0.1) is 18.5 Å². The van der Waals surface area contributed by atoms with Crippen LogP contribution in [0.15, 0.2) is 30.5 Å². The second-order valence-electron chi connectivity index (χ2n) is 4.27. The number of benzene rings is 1. The molecular weight excluding hydrogens is 244 g/mol. The highest BCUT2D eigenvalue weighted by Crippen LogP contribution is 2.24. The van der Waals surface area contributed by atoms with Crippen LogP contribution in [0, 0.1) is 0 Å². The van der Waals surface area contributed by atoms with Crippen LogP contribution in [0.3, 0.4) is 0 Å². The van der Waals surface area contributed by atoms with Gasteiger partial charge >= 0.3 is 0 Å². The SMILES string of the molecule is COc1cc(-n2ccc(C(=O)N(C)C)n2)ccc1N. The Bertz CT molecular complexity index is 604. The lowest BCUT2D eigenvalue weighted by Crippen LogP contribution is -2.22. The molecule has 0 aliphatic carbocycles. The van der Waals surface area contributed by atoms with E-state index in [1.807, 2.05) is 6.07 Å². The zero-order chi connectivity index (χ0) is 14.0. The van der Waals surface area contributed by atoms with E-state index in [1.54, 1.807) is 50.3 Å². The van der Waals surface area contributed by atoms with Crippen molar-refractivity contribution in [2.45, 2.75) is 0 Å². The van der Waals surface area contributed by atoms with Crippen LogP contribution in [-0.4, -0.2) is 41.8 Å². The minimum atomic E-state index is -0.138. The number of carbonyl (C=O) groups excluding carboxylic acids is 1. The molecule has 0 spiro atoms. The van der Waals surface area contributed by atoms with Gasteiger partial charge in [0, 0.05) is 26.4 Å². The first-order valence-electron chi connectivity index (χ1n) is 5.74. The molecule has 0 aliphatic heterocycles. The van der Waals surface area contributed by atoms with E-state index in [2.05, 4.69) is 5.10 Å². The Morgan fingerprint density at radius 2 is 2.11 bits per heavy atom. The number of anilines is 1. The van der Waals surface area contributed by atoms with Gasteiger partial charge in [-0.2, -0.15) is 5.10 Å². The normalized spacial score (nSPS) is 10.3. The Morgan fingerprint density at radius 1 is 1.37 bits per heavy atom. The minimum Gasteiger partial charge on any atom is -0.495 e. The van der Waals surface area contributed by atoms with Crippen LogP contribution >= 0.6 is 0 Å². The van der Waals surface area contributed by atoms with Crippen LogP contribution in [0.5, 0.6) is 5.75 Å². The predicted octanol–water partition coefficient (Wildman–Crippen LogP) is 1.16. The van der Waals surface area contributed by atoms with E-state index in [0.717, 1.165) is 5.69 Å². The molecule has 0 aliphatic rings. The van der Waals surface area contributed by atoms with E-state index in [1.165, 1.54) is 4.90 Å². The molecule has 1 heterocycles. The van der Waals surface area contributed by atoms with Crippen LogP contribution in [0.1, 0.15) is 10.5 Å². The topological polar surface area (TPSA) is 73.4 Å². The van der Waals surface area contributed by atoms with Gasteiger partial charge in [0.1, 0.15) is 5.75 Å². The van der Waals surface area contributed by atoms with Gasteiger partial charge in [-0.1, -0.05) is 0 Å². The van der Waals surface area contributed by atoms with Crippen LogP contribution < -0.4 is 10.5 Å². The molecule has 1 amide bonds. The first-order valence-corrected chi connectivity index (χ1v) is 5.74. The second kappa shape index (κ2) is 5.01. The smallest absolute Gasteiger partial charge is 0.273 e. The predicted molar refractivity (Wildman–Crippen MR) is 72.5 cm³/mol. The van der Waals surface area contributed by atoms with Crippen LogP contribution in [0.2, 0.25) is 0 Å². The molecule has 1 aromatic heterocycles. The third kappa shape index (κ3) is 2.52. The summed E-state index contributed by atoms with van der Waals surface area (Å²) in [7, 11) is 4.93. The summed E-state index contributed by atoms with van der Waals surface area (Å²) in [6, 6.07) is 7.00. The van der Waals surface area contributed by atoms with E-state index in [0.29, 0.717) is 17.1 Å². The van der Waals surface area contributed by atoms with Crippen molar-refractivity contribution in [3.63, 3.8) is 0 Å². The number of methoxy groups -OCH3 is 1. The molecular formula is C13H16N4O2. The third-order valence-corrected chi connectivity index (χ3v) is 2.70. The monoisotopic (exact) mass is 260 g/mol. The number of amides is 1. The quantitative estimate of drug-likeness (QED) is 0.841. The molecule has 0 fully saturated rings. The summed E-state index contributed by atoms with van der Waals surface area (Å²) in [5, 5.41) is 4.24. The van der Waals surface area contributed by atoms with E-state index in [9.17, 15) is 4.79 Å². The van der Waals surface area contributed by atoms with E-state index < -0.39 is 0 Å². The Labute approximate surface area is 111 Å². The first-order chi connectivity index (χ1) is 9.02. The maximum absolute atomic E-state index is 11.8. The lowest BCUT2D eigenvalue weighted by atomic mass is 10.2. The van der Waals surface area contributed by atoms with Gasteiger partial charge in [0.15, 0.2) is 5.69 Å². The zero-order valence-electron chi connectivity index (χ0n) is 11.1. The van der Waals surface area contributed by atoms with E-state index >= 15 is 0 Å². The maximum Gasteiger partial charge on any atom is 0.273 e. The molecule has 2 rings (SSSR count). The molecule has 0 unspecified atom stereocenters. The maximum atomic E-state index is 11.8. The van der Waals surface area contributed by atoms with Crippen LogP contribution in [-0.2, 0) is 0 Å². The summed E-state index contributed by atoms with van der Waals surface area (Å²) in [5.41, 5.74) is 7.49. The molecule has 100 valence electrons. The molecule has 0 atom stereocenters. The van der Waals surface area contributed by atoms with Gasteiger partial charge in [-0.05, 0) is 18.2 Å². The van der Waals surface area contributed by atoms with Crippen molar-refractivity contribution >= 4 is 11.6 Å². The summed E-state index contributed by atoms with van der Waals surface area (Å²) in [5.74, 6) is 0.439. The molecule has 6 nitrogen and oxygen atoms in total. The highest BCUT2D eigenvalue weighted by molar-refractivity contribution is 5.91. The average molecular weight is 260 g/mol. The lowest BCUT2D eigenvalue weighted by molar-refractivity contribution is 0.0821. The number of nitrogen functional groups attached to an aromatic ring is 1. The molecule has 2 aromatic rings.